The molecule has 0 saturated heterocycles. The molecule has 5 nitrogen and oxygen atoms in total. The Balaban J connectivity index is 0.00000705. The summed E-state index contributed by atoms with van der Waals surface area (Å²) in [7, 11) is 0. The molecule has 74 heavy (non-hydrogen) atoms. The Bertz CT molecular complexity index is 4050. The molecule has 7 aromatic carbocycles. The van der Waals surface area contributed by atoms with Gasteiger partial charge in [-0.3, -0.25) is 22.5 Å². The second kappa shape index (κ2) is 20.7. The van der Waals surface area contributed by atoms with E-state index in [9.17, 15) is 28.5 Å². The Labute approximate surface area is 450 Å². The van der Waals surface area contributed by atoms with Crippen LogP contribution in [-0.4, -0.2) is 19.6 Å². The van der Waals surface area contributed by atoms with E-state index in [1.54, 1.807) is 24.5 Å². The molecule has 0 fully saturated rings. The normalized spacial score (nSPS) is 15.5. The number of azo groups is 2. The molecule has 0 spiro atoms. The van der Waals surface area contributed by atoms with Crippen LogP contribution in [0.2, 0.25) is 0 Å². The Hall–Kier alpha value is -8.30. The quantitative estimate of drug-likeness (QED) is 0.0696. The number of pyridine rings is 3. The van der Waals surface area contributed by atoms with E-state index >= 15 is 0 Å². The van der Waals surface area contributed by atoms with Crippen LogP contribution in [0.5, 0.6) is 0 Å². The minimum absolute atomic E-state index is 0. The summed E-state index contributed by atoms with van der Waals surface area (Å²) < 4.78 is 136. The van der Waals surface area contributed by atoms with Gasteiger partial charge < -0.3 is 9.97 Å². The molecule has 358 valence electrons. The van der Waals surface area contributed by atoms with Crippen molar-refractivity contribution in [2.75, 3.05) is 0 Å². The van der Waals surface area contributed by atoms with Crippen LogP contribution < -0.4 is 0 Å². The van der Waals surface area contributed by atoms with E-state index in [-0.39, 0.29) is 76.5 Å². The van der Waals surface area contributed by atoms with E-state index in [0.717, 1.165) is 64.0 Å². The van der Waals surface area contributed by atoms with Crippen molar-refractivity contribution < 1.29 is 53.3 Å². The molecular weight excluding hydrogens is 1110 g/mol. The first-order chi connectivity index (χ1) is 38.8. The largest absolute Gasteiger partial charge is 3.00 e. The number of nitrogens with zero attached hydrogens (tertiary/aromatic N) is 5. The van der Waals surface area contributed by atoms with Gasteiger partial charge in [0.05, 0.1) is 17.5 Å². The summed E-state index contributed by atoms with van der Waals surface area (Å²) in [4.78, 5) is 13.6. The van der Waals surface area contributed by atoms with E-state index in [1.807, 2.05) is 95.7 Å². The molecule has 10 heteroatoms. The summed E-state index contributed by atoms with van der Waals surface area (Å²) in [5.41, 5.74) is 6.53. The van der Waals surface area contributed by atoms with Gasteiger partial charge in [-0.05, 0) is 97.6 Å². The first kappa shape index (κ1) is 39.3. The summed E-state index contributed by atoms with van der Waals surface area (Å²) in [5.74, 6) is -3.65. The molecule has 0 radical (unpaired) electrons. The van der Waals surface area contributed by atoms with Gasteiger partial charge in [-0.1, -0.05) is 155 Å². The summed E-state index contributed by atoms with van der Waals surface area (Å²) in [6, 6.07) is 51.1. The van der Waals surface area contributed by atoms with E-state index in [4.69, 9.17) is 10.1 Å². The molecule has 1 unspecified atom stereocenters. The van der Waals surface area contributed by atoms with Gasteiger partial charge in [0, 0.05) is 64.5 Å². The van der Waals surface area contributed by atoms with Crippen LogP contribution in [0.15, 0.2) is 200 Å². The first-order valence-corrected chi connectivity index (χ1v) is 23.1. The predicted octanol–water partition coefficient (Wildman–Crippen LogP) is 15.7. The number of rotatable bonds is 12. The van der Waals surface area contributed by atoms with E-state index < -0.39 is 48.8 Å². The van der Waals surface area contributed by atoms with Crippen molar-refractivity contribution in [3.8, 4) is 78.3 Å². The van der Waals surface area contributed by atoms with Crippen LogP contribution in [0.1, 0.15) is 44.8 Å². The molecule has 5 heterocycles. The third-order valence-corrected chi connectivity index (χ3v) is 12.6. The first-order valence-electron chi connectivity index (χ1n) is 27.1. The monoisotopic (exact) mass is 1160 g/mol. The summed E-state index contributed by atoms with van der Waals surface area (Å²) in [6.07, 6.45) is -4.47. The number of benzene rings is 7. The smallest absolute Gasteiger partial charge is 0.304 e. The van der Waals surface area contributed by atoms with E-state index in [0.29, 0.717) is 40.2 Å². The van der Waals surface area contributed by atoms with Crippen molar-refractivity contribution in [3.05, 3.63) is 264 Å². The molecule has 10 aromatic rings. The zero-order valence-electron chi connectivity index (χ0n) is 46.6. The molecule has 3 aromatic heterocycles. The maximum absolute atomic E-state index is 14.9. The van der Waals surface area contributed by atoms with Gasteiger partial charge in [0.1, 0.15) is 0 Å². The van der Waals surface area contributed by atoms with Crippen LogP contribution in [0.3, 0.4) is 0 Å². The Morgan fingerprint density at radius 2 is 1.08 bits per heavy atom. The van der Waals surface area contributed by atoms with Crippen molar-refractivity contribution >= 4 is 5.69 Å². The van der Waals surface area contributed by atoms with Crippen molar-refractivity contribution in [1.82, 2.24) is 15.0 Å². The van der Waals surface area contributed by atoms with Crippen LogP contribution in [0.25, 0.3) is 78.3 Å². The number of hydrogen-bond acceptors (Lipinski definition) is 4. The van der Waals surface area contributed by atoms with Gasteiger partial charge in [0.2, 0.25) is 5.69 Å². The van der Waals surface area contributed by atoms with Crippen LogP contribution >= 0.6 is 0 Å². The third kappa shape index (κ3) is 9.46. The molecular formula is C64H41F4IrN5+. The number of aromatic nitrogens is 3. The average Bonchev–Trinajstić information content (AvgIpc) is 4.13. The maximum Gasteiger partial charge on any atom is 3.00 e. The second-order valence-electron chi connectivity index (χ2n) is 17.2. The van der Waals surface area contributed by atoms with Crippen molar-refractivity contribution in [1.29, 1.82) is 0 Å². The zero-order chi connectivity index (χ0) is 56.6. The number of fused-ring (bicyclic) bond motifs is 6. The molecule has 1 atom stereocenters. The number of hydrogen-bond donors (Lipinski definition) is 0. The minimum atomic E-state index is -3.05. The van der Waals surface area contributed by atoms with Crippen LogP contribution in [-0.2, 0) is 45.6 Å². The fourth-order valence-electron chi connectivity index (χ4n) is 9.24. The topological polar surface area (TPSA) is 54.0 Å². The average molecular weight is 1160 g/mol. The zero-order valence-corrected chi connectivity index (χ0v) is 41.0. The maximum atomic E-state index is 14.9. The van der Waals surface area contributed by atoms with Crippen molar-refractivity contribution in [2.45, 2.75) is 31.5 Å². The fraction of sp³-hybridized carbons (Fsp3) is 0.0781. The van der Waals surface area contributed by atoms with Crippen LogP contribution in [0.4, 0.5) is 23.2 Å². The molecule has 12 rings (SSSR count). The molecule has 0 saturated carbocycles. The third-order valence-electron chi connectivity index (χ3n) is 12.6. The summed E-state index contributed by atoms with van der Waals surface area (Å²) >= 11 is 0. The molecule has 0 bridgehead atoms. The predicted molar refractivity (Wildman–Crippen MR) is 276 cm³/mol. The van der Waals surface area contributed by atoms with Crippen LogP contribution in [0, 0.1) is 41.5 Å². The standard InChI is InChI=1S/C64H41F4N5.Ir/c65-48-24-26-54(57(67)35-48)59-28-18-40(37-69-59)14-16-42-32-43(17-15-41-19-29-60(70-38-41)55-27-25-49(66)36-58(55)68)34-47(33-42)50-10-4-5-11-51(50)56-39-71-63-53-13-7-6-12-52(53)61-30-31-72-73(61)64(63)62(56)46-22-20-45(21-23-46)44-8-2-1-3-9-44;/h1-12,18-25,28-39,61H,14-17H2;/q-2;+3/i14D2,15D2,16D2,17D2;. The molecule has 0 aliphatic carbocycles. The van der Waals surface area contributed by atoms with Gasteiger partial charge in [-0.2, -0.15) is 0 Å². The Kier molecular flexibility index (Phi) is 11.0. The van der Waals surface area contributed by atoms with Gasteiger partial charge in [0.25, 0.3) is 0 Å². The van der Waals surface area contributed by atoms with E-state index in [1.165, 1.54) is 36.4 Å². The fourth-order valence-corrected chi connectivity index (χ4v) is 9.24. The Morgan fingerprint density at radius 1 is 0.500 bits per heavy atom. The van der Waals surface area contributed by atoms with Gasteiger partial charge in [-0.25, -0.2) is 0 Å². The summed E-state index contributed by atoms with van der Waals surface area (Å²) in [6.45, 7) is 0. The van der Waals surface area contributed by atoms with E-state index in [2.05, 4.69) is 28.2 Å². The Morgan fingerprint density at radius 3 is 1.69 bits per heavy atom. The molecule has 0 N–H and O–H groups in total. The van der Waals surface area contributed by atoms with Gasteiger partial charge in [-0.15, -0.1) is 54.1 Å². The molecule has 2 aliphatic heterocycles. The SMILES string of the molecule is [2H]C([2H])(c1ccc(-c2[c-]cc(F)cc2F)nc1)C([2H])([2H])c1cc(-c2ccccc2-c2cnc3c(c2-c2ccc(-c4ccccc4)cc2)[N+]2=NC=CC2c2ccc[c-]c2-3)cc(C([2H])([2H])C([2H])([2H])c2ccc(-c3[c-]cc(F)cc3F)nc2)c1.[Ir+3]. The molecule has 2 aliphatic rings. The molecule has 0 amide bonds. The van der Waals surface area contributed by atoms with Gasteiger partial charge in [0.15, 0.2) is 6.04 Å². The van der Waals surface area contributed by atoms with Crippen molar-refractivity contribution in [2.24, 2.45) is 5.11 Å². The summed E-state index contributed by atoms with van der Waals surface area (Å²) in [5, 5.41) is 4.86. The number of aryl methyl sites for hydroxylation is 4. The second-order valence-corrected chi connectivity index (χ2v) is 17.2. The van der Waals surface area contributed by atoms with Gasteiger partial charge >= 0.3 is 20.1 Å². The minimum Gasteiger partial charge on any atom is -0.304 e. The van der Waals surface area contributed by atoms with Crippen molar-refractivity contribution in [3.63, 3.8) is 0 Å². The number of halogens is 4.